The Morgan fingerprint density at radius 2 is 0.711 bits per heavy atom. The first kappa shape index (κ1) is 20.2. The zero-order chi connectivity index (χ0) is 24.8. The van der Waals surface area contributed by atoms with E-state index in [-0.39, 0.29) is 0 Å². The van der Waals surface area contributed by atoms with Gasteiger partial charge in [0.1, 0.15) is 0 Å². The Kier molecular flexibility index (Phi) is 3.88. The van der Waals surface area contributed by atoms with E-state index >= 15 is 0 Å². The Hall–Kier alpha value is -4.94. The van der Waals surface area contributed by atoms with Gasteiger partial charge in [-0.1, -0.05) is 109 Å². The fourth-order valence-electron chi connectivity index (χ4n) is 6.79. The second-order valence-corrected chi connectivity index (χ2v) is 10.6. The van der Waals surface area contributed by atoms with Crippen molar-refractivity contribution in [1.29, 1.82) is 0 Å². The highest BCUT2D eigenvalue weighted by Gasteiger charge is 2.14. The van der Waals surface area contributed by atoms with Gasteiger partial charge < -0.3 is 0 Å². The molecule has 0 spiro atoms. The van der Waals surface area contributed by atoms with Crippen molar-refractivity contribution in [2.45, 2.75) is 0 Å². The SMILES string of the molecule is c1cc(-c2cc3ccc4cccc5ccc(c2)c3c45)cc(-c2cc3cccc4ccc5cccc2c5c43)c1. The van der Waals surface area contributed by atoms with Crippen molar-refractivity contribution in [2.75, 3.05) is 0 Å². The Morgan fingerprint density at radius 1 is 0.263 bits per heavy atom. The Balaban J connectivity index is 1.29. The Labute approximate surface area is 220 Å². The minimum atomic E-state index is 1.25. The summed E-state index contributed by atoms with van der Waals surface area (Å²) in [5.41, 5.74) is 5.06. The molecule has 38 heavy (non-hydrogen) atoms. The molecular formula is C38H22. The Bertz CT molecular complexity index is 2270. The first-order valence-electron chi connectivity index (χ1n) is 13.3. The van der Waals surface area contributed by atoms with Crippen molar-refractivity contribution >= 4 is 64.6 Å². The molecule has 0 saturated heterocycles. The molecule has 0 unspecified atom stereocenters. The van der Waals surface area contributed by atoms with Crippen LogP contribution in [0.4, 0.5) is 0 Å². The molecule has 0 aliphatic carbocycles. The second kappa shape index (κ2) is 7.31. The highest BCUT2D eigenvalue weighted by molar-refractivity contribution is 6.26. The molecule has 0 bridgehead atoms. The van der Waals surface area contributed by atoms with Gasteiger partial charge in [0, 0.05) is 0 Å². The van der Waals surface area contributed by atoms with Gasteiger partial charge in [0.05, 0.1) is 0 Å². The van der Waals surface area contributed by atoms with Gasteiger partial charge in [-0.25, -0.2) is 0 Å². The van der Waals surface area contributed by atoms with Crippen molar-refractivity contribution < 1.29 is 0 Å². The van der Waals surface area contributed by atoms with Crippen molar-refractivity contribution in [3.05, 3.63) is 133 Å². The molecule has 0 radical (unpaired) electrons. The van der Waals surface area contributed by atoms with Gasteiger partial charge >= 0.3 is 0 Å². The molecule has 9 aromatic rings. The van der Waals surface area contributed by atoms with Crippen molar-refractivity contribution in [3.63, 3.8) is 0 Å². The van der Waals surface area contributed by atoms with Crippen LogP contribution in [0.5, 0.6) is 0 Å². The summed E-state index contributed by atoms with van der Waals surface area (Å²) >= 11 is 0. The first-order chi connectivity index (χ1) is 18.8. The quantitative estimate of drug-likeness (QED) is 0.217. The smallest absolute Gasteiger partial charge is 0.00206 e. The molecule has 0 aliphatic heterocycles. The van der Waals surface area contributed by atoms with Gasteiger partial charge in [0.25, 0.3) is 0 Å². The average Bonchev–Trinajstić information content (AvgIpc) is 2.98. The second-order valence-electron chi connectivity index (χ2n) is 10.6. The molecule has 0 heterocycles. The summed E-state index contributed by atoms with van der Waals surface area (Å²) in [5, 5.41) is 15.9. The van der Waals surface area contributed by atoms with Crippen LogP contribution < -0.4 is 0 Å². The van der Waals surface area contributed by atoms with Gasteiger partial charge in [-0.3, -0.25) is 0 Å². The van der Waals surface area contributed by atoms with Gasteiger partial charge in [-0.05, 0) is 111 Å². The fourth-order valence-corrected chi connectivity index (χ4v) is 6.79. The average molecular weight is 479 g/mol. The summed E-state index contributed by atoms with van der Waals surface area (Å²) < 4.78 is 0. The zero-order valence-corrected chi connectivity index (χ0v) is 20.7. The van der Waals surface area contributed by atoms with Crippen LogP contribution in [0.15, 0.2) is 133 Å². The van der Waals surface area contributed by atoms with Gasteiger partial charge in [-0.15, -0.1) is 0 Å². The molecule has 0 heteroatoms. The maximum Gasteiger partial charge on any atom is -0.00206 e. The van der Waals surface area contributed by atoms with Crippen LogP contribution in [0, 0.1) is 0 Å². The normalized spacial score (nSPS) is 12.2. The van der Waals surface area contributed by atoms with E-state index in [1.54, 1.807) is 0 Å². The molecule has 0 N–H and O–H groups in total. The largest absolute Gasteiger partial charge is 0.0610 e. The highest BCUT2D eigenvalue weighted by atomic mass is 14.2. The van der Waals surface area contributed by atoms with Crippen molar-refractivity contribution in [1.82, 2.24) is 0 Å². The van der Waals surface area contributed by atoms with Crippen LogP contribution in [0.3, 0.4) is 0 Å². The first-order valence-corrected chi connectivity index (χ1v) is 13.3. The summed E-state index contributed by atoms with van der Waals surface area (Å²) in [5.74, 6) is 0. The molecule has 9 aromatic carbocycles. The van der Waals surface area contributed by atoms with E-state index in [0.29, 0.717) is 0 Å². The number of rotatable bonds is 2. The van der Waals surface area contributed by atoms with Crippen LogP contribution >= 0.6 is 0 Å². The minimum Gasteiger partial charge on any atom is -0.0610 e. The van der Waals surface area contributed by atoms with Gasteiger partial charge in [0.2, 0.25) is 0 Å². The van der Waals surface area contributed by atoms with E-state index in [0.717, 1.165) is 0 Å². The zero-order valence-electron chi connectivity index (χ0n) is 20.7. The van der Waals surface area contributed by atoms with Crippen molar-refractivity contribution in [2.24, 2.45) is 0 Å². The standard InChI is InChI=1S/C38H22/c1-5-23-15-17-30-20-32(21-31-18-16-24(6-1)35(23)37(30)31)27-9-3-10-28(19-27)34-22-29-11-2-7-25-13-14-26-8-4-12-33(34)38(26)36(25)29/h1-22H. The van der Waals surface area contributed by atoms with Crippen LogP contribution in [0.25, 0.3) is 86.9 Å². The van der Waals surface area contributed by atoms with E-state index < -0.39 is 0 Å². The van der Waals surface area contributed by atoms with E-state index in [4.69, 9.17) is 0 Å². The van der Waals surface area contributed by atoms with Crippen LogP contribution in [0.1, 0.15) is 0 Å². The van der Waals surface area contributed by atoms with Crippen LogP contribution in [-0.2, 0) is 0 Å². The maximum atomic E-state index is 2.38. The summed E-state index contributed by atoms with van der Waals surface area (Å²) in [6.07, 6.45) is 0. The molecule has 0 fully saturated rings. The van der Waals surface area contributed by atoms with Gasteiger partial charge in [-0.2, -0.15) is 0 Å². The molecule has 0 atom stereocenters. The Morgan fingerprint density at radius 3 is 1.39 bits per heavy atom. The van der Waals surface area contributed by atoms with E-state index in [9.17, 15) is 0 Å². The van der Waals surface area contributed by atoms with E-state index in [1.165, 1.54) is 86.9 Å². The third-order valence-electron chi connectivity index (χ3n) is 8.48. The molecule has 0 amide bonds. The third kappa shape index (κ3) is 2.69. The minimum absolute atomic E-state index is 1.25. The summed E-state index contributed by atoms with van der Waals surface area (Å²) in [7, 11) is 0. The topological polar surface area (TPSA) is 0 Å². The molecule has 0 saturated carbocycles. The van der Waals surface area contributed by atoms with Crippen LogP contribution in [-0.4, -0.2) is 0 Å². The fraction of sp³-hybridized carbons (Fsp3) is 0. The van der Waals surface area contributed by atoms with Crippen molar-refractivity contribution in [3.8, 4) is 22.3 Å². The van der Waals surface area contributed by atoms with Crippen LogP contribution in [0.2, 0.25) is 0 Å². The lowest BCUT2D eigenvalue weighted by atomic mass is 9.88. The molecule has 0 aliphatic rings. The van der Waals surface area contributed by atoms with E-state index in [1.807, 2.05) is 0 Å². The number of hydrogen-bond donors (Lipinski definition) is 0. The number of hydrogen-bond acceptors (Lipinski definition) is 0. The molecule has 0 aromatic heterocycles. The predicted molar refractivity (Wildman–Crippen MR) is 165 cm³/mol. The lowest BCUT2D eigenvalue weighted by Crippen LogP contribution is -1.89. The molecule has 9 rings (SSSR count). The molecule has 174 valence electrons. The third-order valence-corrected chi connectivity index (χ3v) is 8.48. The predicted octanol–water partition coefficient (Wildman–Crippen LogP) is 10.8. The highest BCUT2D eigenvalue weighted by Crippen LogP contribution is 2.42. The lowest BCUT2D eigenvalue weighted by molar-refractivity contribution is 1.63. The maximum absolute atomic E-state index is 2.38. The summed E-state index contributed by atoms with van der Waals surface area (Å²) in [4.78, 5) is 0. The molecular weight excluding hydrogens is 456 g/mol. The number of benzene rings is 9. The molecule has 0 nitrogen and oxygen atoms in total. The lowest BCUT2D eigenvalue weighted by Gasteiger charge is -2.16. The van der Waals surface area contributed by atoms with E-state index in [2.05, 4.69) is 133 Å². The van der Waals surface area contributed by atoms with Gasteiger partial charge in [0.15, 0.2) is 0 Å². The summed E-state index contributed by atoms with van der Waals surface area (Å²) in [6.45, 7) is 0. The monoisotopic (exact) mass is 478 g/mol. The summed E-state index contributed by atoms with van der Waals surface area (Å²) in [6, 6.07) is 49.7.